The van der Waals surface area contributed by atoms with Gasteiger partial charge in [0.1, 0.15) is 12.2 Å². The molecule has 0 radical (unpaired) electrons. The first-order valence-electron chi connectivity index (χ1n) is 11.1. The maximum atomic E-state index is 13.3. The van der Waals surface area contributed by atoms with Crippen molar-refractivity contribution in [3.8, 4) is 11.1 Å². The highest BCUT2D eigenvalue weighted by Gasteiger charge is 2.33. The highest BCUT2D eigenvalue weighted by atomic mass is 16.6. The Hall–Kier alpha value is -3.65. The number of nitrogens with one attached hydrogen (secondary N) is 1. The van der Waals surface area contributed by atoms with Crippen LogP contribution in [0.2, 0.25) is 0 Å². The molecule has 0 unspecified atom stereocenters. The molecule has 1 atom stereocenters. The van der Waals surface area contributed by atoms with Gasteiger partial charge in [0, 0.05) is 25.6 Å². The number of carboxylic acid groups (broad SMARTS) is 1. The van der Waals surface area contributed by atoms with Crippen LogP contribution in [0.1, 0.15) is 39.5 Å². The number of fused-ring (bicyclic) bond motifs is 3. The number of rotatable bonds is 6. The lowest BCUT2D eigenvalue weighted by Crippen LogP contribution is -2.42. The summed E-state index contributed by atoms with van der Waals surface area (Å²) in [6.45, 7) is 1.79. The summed E-state index contributed by atoms with van der Waals surface area (Å²) in [7, 11) is 1.69. The van der Waals surface area contributed by atoms with Gasteiger partial charge in [-0.2, -0.15) is 5.10 Å². The van der Waals surface area contributed by atoms with Crippen molar-refractivity contribution in [2.24, 2.45) is 7.05 Å². The van der Waals surface area contributed by atoms with Crippen LogP contribution in [0.3, 0.4) is 0 Å². The van der Waals surface area contributed by atoms with Gasteiger partial charge in [-0.3, -0.25) is 9.58 Å². The van der Waals surface area contributed by atoms with Gasteiger partial charge in [0.2, 0.25) is 0 Å². The van der Waals surface area contributed by atoms with E-state index >= 15 is 0 Å². The highest BCUT2D eigenvalue weighted by Crippen LogP contribution is 2.44. The van der Waals surface area contributed by atoms with Crippen molar-refractivity contribution < 1.29 is 19.4 Å². The summed E-state index contributed by atoms with van der Waals surface area (Å²) in [5.74, 6) is -1.09. The van der Waals surface area contributed by atoms with Gasteiger partial charge in [-0.1, -0.05) is 48.5 Å². The van der Waals surface area contributed by atoms with Crippen molar-refractivity contribution in [1.82, 2.24) is 20.0 Å². The minimum atomic E-state index is -1.06. The smallest absolute Gasteiger partial charge is 0.410 e. The topological polar surface area (TPSA) is 96.7 Å². The molecule has 0 bridgehead atoms. The molecule has 1 amide bonds. The molecule has 5 rings (SSSR count). The number of ether oxygens (including phenoxy) is 1. The zero-order valence-electron chi connectivity index (χ0n) is 18.4. The van der Waals surface area contributed by atoms with Crippen LogP contribution in [-0.4, -0.2) is 57.6 Å². The molecule has 0 spiro atoms. The van der Waals surface area contributed by atoms with Crippen LogP contribution in [0.15, 0.2) is 54.7 Å². The molecule has 1 aliphatic carbocycles. The minimum Gasteiger partial charge on any atom is -0.478 e. The molecule has 1 aromatic heterocycles. The quantitative estimate of drug-likeness (QED) is 0.604. The van der Waals surface area contributed by atoms with E-state index in [1.54, 1.807) is 11.9 Å². The average molecular weight is 447 g/mol. The molecule has 1 aliphatic heterocycles. The van der Waals surface area contributed by atoms with Crippen molar-refractivity contribution in [1.29, 1.82) is 0 Å². The Labute approximate surface area is 191 Å². The standard InChI is InChI=1S/C25H26N4O4/c1-28-23(21(13-27-28)24(30)31)14-29(16-10-11-26-12-16)25(32)33-15-22-19-8-4-2-6-17(19)18-7-3-5-9-20(18)22/h2-9,13,16,22,26H,10-12,14-15H2,1H3,(H,30,31)/t16-/m0/s1. The Morgan fingerprint density at radius 2 is 1.82 bits per heavy atom. The monoisotopic (exact) mass is 446 g/mol. The number of aromatic nitrogens is 2. The lowest BCUT2D eigenvalue weighted by atomic mass is 9.98. The Bertz CT molecular complexity index is 1150. The maximum absolute atomic E-state index is 13.3. The van der Waals surface area contributed by atoms with Crippen LogP contribution in [0, 0.1) is 0 Å². The third-order valence-corrected chi connectivity index (χ3v) is 6.66. The molecule has 33 heavy (non-hydrogen) atoms. The number of hydrogen-bond donors (Lipinski definition) is 2. The molecule has 2 N–H and O–H groups in total. The zero-order chi connectivity index (χ0) is 22.9. The van der Waals surface area contributed by atoms with E-state index in [0.29, 0.717) is 12.2 Å². The van der Waals surface area contributed by atoms with Crippen molar-refractivity contribution in [3.05, 3.63) is 77.1 Å². The first-order chi connectivity index (χ1) is 16.0. The summed E-state index contributed by atoms with van der Waals surface area (Å²) in [6, 6.07) is 16.3. The Morgan fingerprint density at radius 1 is 1.15 bits per heavy atom. The molecular formula is C25H26N4O4. The van der Waals surface area contributed by atoms with Crippen molar-refractivity contribution in [3.63, 3.8) is 0 Å². The molecule has 2 aromatic carbocycles. The molecule has 1 fully saturated rings. The summed E-state index contributed by atoms with van der Waals surface area (Å²) >= 11 is 0. The summed E-state index contributed by atoms with van der Waals surface area (Å²) in [5, 5.41) is 16.9. The molecule has 1 saturated heterocycles. The molecular weight excluding hydrogens is 420 g/mol. The predicted molar refractivity (Wildman–Crippen MR) is 122 cm³/mol. The molecule has 170 valence electrons. The highest BCUT2D eigenvalue weighted by molar-refractivity contribution is 5.88. The Morgan fingerprint density at radius 3 is 2.42 bits per heavy atom. The third kappa shape index (κ3) is 3.87. The van der Waals surface area contributed by atoms with Crippen molar-refractivity contribution in [2.75, 3.05) is 19.7 Å². The van der Waals surface area contributed by atoms with Crippen LogP contribution < -0.4 is 5.32 Å². The van der Waals surface area contributed by atoms with E-state index in [9.17, 15) is 14.7 Å². The van der Waals surface area contributed by atoms with Gasteiger partial charge in [0.25, 0.3) is 0 Å². The van der Waals surface area contributed by atoms with Gasteiger partial charge in [-0.15, -0.1) is 0 Å². The number of carbonyl (C=O) groups is 2. The van der Waals surface area contributed by atoms with E-state index < -0.39 is 12.1 Å². The summed E-state index contributed by atoms with van der Waals surface area (Å²) < 4.78 is 7.39. The average Bonchev–Trinajstić information content (AvgIpc) is 3.54. The van der Waals surface area contributed by atoms with Crippen LogP contribution >= 0.6 is 0 Å². The first kappa shape index (κ1) is 21.2. The van der Waals surface area contributed by atoms with Gasteiger partial charge in [-0.05, 0) is 35.2 Å². The lowest BCUT2D eigenvalue weighted by molar-refractivity contribution is 0.0683. The number of hydrogen-bond acceptors (Lipinski definition) is 5. The fourth-order valence-corrected chi connectivity index (χ4v) is 4.92. The molecule has 2 aliphatic rings. The Kier molecular flexibility index (Phi) is 5.60. The van der Waals surface area contributed by atoms with Gasteiger partial charge < -0.3 is 15.2 Å². The zero-order valence-corrected chi connectivity index (χ0v) is 18.4. The van der Waals surface area contributed by atoms with Gasteiger partial charge in [-0.25, -0.2) is 9.59 Å². The van der Waals surface area contributed by atoms with Crippen molar-refractivity contribution in [2.45, 2.75) is 24.9 Å². The lowest BCUT2D eigenvalue weighted by Gasteiger charge is -2.28. The van der Waals surface area contributed by atoms with Crippen LogP contribution in [-0.2, 0) is 18.3 Å². The number of benzene rings is 2. The summed E-state index contributed by atoms with van der Waals surface area (Å²) in [4.78, 5) is 26.6. The van der Waals surface area contributed by atoms with Gasteiger partial charge >= 0.3 is 12.1 Å². The molecule has 8 nitrogen and oxygen atoms in total. The second kappa shape index (κ2) is 8.71. The number of carboxylic acids is 1. The molecule has 2 heterocycles. The van der Waals surface area contributed by atoms with Gasteiger partial charge in [0.05, 0.1) is 18.4 Å². The Balaban J connectivity index is 1.38. The number of aryl methyl sites for hydroxylation is 1. The second-order valence-electron chi connectivity index (χ2n) is 8.51. The van der Waals surface area contributed by atoms with Gasteiger partial charge in [0.15, 0.2) is 0 Å². The second-order valence-corrected chi connectivity index (χ2v) is 8.51. The molecule has 0 saturated carbocycles. The van der Waals surface area contributed by atoms with Crippen molar-refractivity contribution >= 4 is 12.1 Å². The largest absolute Gasteiger partial charge is 0.478 e. The number of nitrogens with zero attached hydrogens (tertiary/aromatic N) is 3. The fraction of sp³-hybridized carbons (Fsp3) is 0.320. The van der Waals surface area contributed by atoms with Crippen LogP contribution in [0.25, 0.3) is 11.1 Å². The number of amides is 1. The van der Waals surface area contributed by atoms with E-state index in [1.165, 1.54) is 22.0 Å². The third-order valence-electron chi connectivity index (χ3n) is 6.66. The molecule has 8 heteroatoms. The van der Waals surface area contributed by atoms with E-state index in [4.69, 9.17) is 4.74 Å². The minimum absolute atomic E-state index is 0.0313. The fourth-order valence-electron chi connectivity index (χ4n) is 4.92. The summed E-state index contributed by atoms with van der Waals surface area (Å²) in [5.41, 5.74) is 5.22. The summed E-state index contributed by atoms with van der Waals surface area (Å²) in [6.07, 6.45) is 1.66. The number of aromatic carboxylic acids is 1. The molecule has 3 aromatic rings. The van der Waals surface area contributed by atoms with Crippen LogP contribution in [0.4, 0.5) is 4.79 Å². The predicted octanol–water partition coefficient (Wildman–Crippen LogP) is 3.23. The number of carbonyl (C=O) groups excluding carboxylic acids is 1. The van der Waals surface area contributed by atoms with E-state index in [-0.39, 0.29) is 30.7 Å². The SMILES string of the molecule is Cn1ncc(C(=O)O)c1CN(C(=O)OCC1c2ccccc2-c2ccccc21)[C@H]1CCNC1. The first-order valence-corrected chi connectivity index (χ1v) is 11.1. The van der Waals surface area contributed by atoms with Crippen LogP contribution in [0.5, 0.6) is 0 Å². The normalized spacial score (nSPS) is 16.9. The maximum Gasteiger partial charge on any atom is 0.410 e. The van der Waals surface area contributed by atoms with E-state index in [2.05, 4.69) is 34.7 Å². The van der Waals surface area contributed by atoms with E-state index in [1.807, 2.05) is 24.3 Å². The van der Waals surface area contributed by atoms with E-state index in [0.717, 1.165) is 24.1 Å².